The van der Waals surface area contributed by atoms with Gasteiger partial charge in [0.05, 0.1) is 12.2 Å². The van der Waals surface area contributed by atoms with Gasteiger partial charge in [0, 0.05) is 11.4 Å². The van der Waals surface area contributed by atoms with Crippen LogP contribution in [0.25, 0.3) is 0 Å². The van der Waals surface area contributed by atoms with Gasteiger partial charge in [0.25, 0.3) is 11.5 Å². The number of ether oxygens (including phenoxy) is 1. The highest BCUT2D eigenvalue weighted by Crippen LogP contribution is 2.15. The molecule has 0 aliphatic heterocycles. The van der Waals surface area contributed by atoms with Gasteiger partial charge in [-0.1, -0.05) is 18.2 Å². The van der Waals surface area contributed by atoms with E-state index in [2.05, 4.69) is 10.3 Å². The lowest BCUT2D eigenvalue weighted by molar-refractivity contribution is 0.0524. The number of aromatic amines is 1. The Morgan fingerprint density at radius 1 is 1.17 bits per heavy atom. The number of pyridine rings is 1. The average Bonchev–Trinajstić information content (AvgIpc) is 2.49. The van der Waals surface area contributed by atoms with Crippen LogP contribution in [0.3, 0.4) is 0 Å². The number of H-pyrrole nitrogens is 1. The lowest BCUT2D eigenvalue weighted by Crippen LogP contribution is -2.24. The van der Waals surface area contributed by atoms with Gasteiger partial charge in [-0.25, -0.2) is 4.79 Å². The SMILES string of the molecule is CCOC(=O)c1cc(C(=O)Nc2ccccc2C)c(C)[nH]c1=O. The van der Waals surface area contributed by atoms with E-state index in [1.807, 2.05) is 25.1 Å². The largest absolute Gasteiger partial charge is 0.462 e. The Kier molecular flexibility index (Phi) is 4.95. The van der Waals surface area contributed by atoms with Gasteiger partial charge in [-0.3, -0.25) is 9.59 Å². The lowest BCUT2D eigenvalue weighted by atomic mass is 10.1. The quantitative estimate of drug-likeness (QED) is 0.848. The number of esters is 1. The van der Waals surface area contributed by atoms with E-state index in [0.29, 0.717) is 11.4 Å². The Bertz CT molecular complexity index is 808. The van der Waals surface area contributed by atoms with Crippen LogP contribution in [0.1, 0.15) is 38.9 Å². The van der Waals surface area contributed by atoms with E-state index in [0.717, 1.165) is 5.56 Å². The van der Waals surface area contributed by atoms with Gasteiger partial charge in [0.15, 0.2) is 0 Å². The van der Waals surface area contributed by atoms with E-state index in [-0.39, 0.29) is 17.7 Å². The molecule has 1 aromatic carbocycles. The van der Waals surface area contributed by atoms with E-state index < -0.39 is 17.4 Å². The first kappa shape index (κ1) is 16.5. The average molecular weight is 314 g/mol. The van der Waals surface area contributed by atoms with Crippen LogP contribution in [-0.2, 0) is 4.74 Å². The van der Waals surface area contributed by atoms with Crippen LogP contribution in [0.15, 0.2) is 35.1 Å². The monoisotopic (exact) mass is 314 g/mol. The molecule has 0 aliphatic rings. The van der Waals surface area contributed by atoms with Crippen molar-refractivity contribution in [1.82, 2.24) is 4.98 Å². The van der Waals surface area contributed by atoms with Gasteiger partial charge >= 0.3 is 5.97 Å². The third-order valence-electron chi connectivity index (χ3n) is 3.37. The molecule has 2 aromatic rings. The van der Waals surface area contributed by atoms with Crippen molar-refractivity contribution in [3.05, 3.63) is 63.1 Å². The van der Waals surface area contributed by atoms with Crippen LogP contribution in [0.2, 0.25) is 0 Å². The number of nitrogens with one attached hydrogen (secondary N) is 2. The van der Waals surface area contributed by atoms with Gasteiger partial charge in [0.1, 0.15) is 5.56 Å². The van der Waals surface area contributed by atoms with E-state index in [9.17, 15) is 14.4 Å². The first-order chi connectivity index (χ1) is 10.9. The van der Waals surface area contributed by atoms with Crippen LogP contribution in [0, 0.1) is 13.8 Å². The number of aryl methyl sites for hydroxylation is 2. The molecule has 0 aliphatic carbocycles. The molecular weight excluding hydrogens is 296 g/mol. The number of para-hydroxylation sites is 1. The smallest absolute Gasteiger partial charge is 0.343 e. The van der Waals surface area contributed by atoms with Crippen LogP contribution < -0.4 is 10.9 Å². The maximum atomic E-state index is 12.4. The fourth-order valence-corrected chi connectivity index (χ4v) is 2.12. The standard InChI is InChI=1S/C17H18N2O4/c1-4-23-17(22)13-9-12(11(3)18-16(13)21)15(20)19-14-8-6-5-7-10(14)2/h5-9H,4H2,1-3H3,(H,18,21)(H,19,20). The highest BCUT2D eigenvalue weighted by Gasteiger charge is 2.18. The summed E-state index contributed by atoms with van der Waals surface area (Å²) in [6.45, 7) is 5.27. The normalized spacial score (nSPS) is 10.2. The number of aromatic nitrogens is 1. The summed E-state index contributed by atoms with van der Waals surface area (Å²) >= 11 is 0. The molecule has 2 N–H and O–H groups in total. The van der Waals surface area contributed by atoms with Crippen molar-refractivity contribution in [2.75, 3.05) is 11.9 Å². The first-order valence-corrected chi connectivity index (χ1v) is 7.22. The fraction of sp³-hybridized carbons (Fsp3) is 0.235. The van der Waals surface area contributed by atoms with Crippen molar-refractivity contribution in [1.29, 1.82) is 0 Å². The summed E-state index contributed by atoms with van der Waals surface area (Å²) in [5.74, 6) is -1.16. The summed E-state index contributed by atoms with van der Waals surface area (Å²) in [7, 11) is 0. The molecule has 0 spiro atoms. The molecule has 0 saturated heterocycles. The van der Waals surface area contributed by atoms with Crippen molar-refractivity contribution in [3.63, 3.8) is 0 Å². The van der Waals surface area contributed by atoms with E-state index >= 15 is 0 Å². The van der Waals surface area contributed by atoms with Gasteiger partial charge in [-0.15, -0.1) is 0 Å². The molecule has 0 radical (unpaired) electrons. The molecule has 6 heteroatoms. The van der Waals surface area contributed by atoms with Crippen molar-refractivity contribution in [2.45, 2.75) is 20.8 Å². The molecule has 2 rings (SSSR count). The van der Waals surface area contributed by atoms with Gasteiger partial charge < -0.3 is 15.0 Å². The summed E-state index contributed by atoms with van der Waals surface area (Å²) in [5, 5.41) is 2.77. The molecule has 0 saturated carbocycles. The summed E-state index contributed by atoms with van der Waals surface area (Å²) in [5.41, 5.74) is 1.42. The number of rotatable bonds is 4. The van der Waals surface area contributed by atoms with Crippen molar-refractivity contribution in [3.8, 4) is 0 Å². The number of benzene rings is 1. The molecule has 1 amide bonds. The Hall–Kier alpha value is -2.89. The third kappa shape index (κ3) is 3.66. The Balaban J connectivity index is 2.37. The number of carbonyl (C=O) groups excluding carboxylic acids is 2. The second kappa shape index (κ2) is 6.91. The maximum Gasteiger partial charge on any atom is 0.343 e. The van der Waals surface area contributed by atoms with Gasteiger partial charge in [-0.2, -0.15) is 0 Å². The van der Waals surface area contributed by atoms with Crippen molar-refractivity contribution in [2.24, 2.45) is 0 Å². The van der Waals surface area contributed by atoms with E-state index in [4.69, 9.17) is 4.74 Å². The van der Waals surface area contributed by atoms with Crippen molar-refractivity contribution >= 4 is 17.6 Å². The second-order valence-corrected chi connectivity index (χ2v) is 5.04. The van der Waals surface area contributed by atoms with Gasteiger partial charge in [-0.05, 0) is 38.5 Å². The minimum Gasteiger partial charge on any atom is -0.462 e. The number of hydrogen-bond donors (Lipinski definition) is 2. The molecule has 6 nitrogen and oxygen atoms in total. The van der Waals surface area contributed by atoms with Gasteiger partial charge in [0.2, 0.25) is 0 Å². The minimum absolute atomic E-state index is 0.150. The maximum absolute atomic E-state index is 12.4. The topological polar surface area (TPSA) is 88.3 Å². The molecule has 0 bridgehead atoms. The minimum atomic E-state index is -0.751. The molecule has 0 unspecified atom stereocenters. The predicted molar refractivity (Wildman–Crippen MR) is 86.9 cm³/mol. The Labute approximate surface area is 133 Å². The first-order valence-electron chi connectivity index (χ1n) is 7.22. The number of hydrogen-bond acceptors (Lipinski definition) is 4. The zero-order chi connectivity index (χ0) is 17.0. The summed E-state index contributed by atoms with van der Waals surface area (Å²) in [6.07, 6.45) is 0. The molecule has 0 fully saturated rings. The van der Waals surface area contributed by atoms with E-state index in [1.54, 1.807) is 19.9 Å². The molecule has 120 valence electrons. The zero-order valence-corrected chi connectivity index (χ0v) is 13.2. The summed E-state index contributed by atoms with van der Waals surface area (Å²) in [6, 6.07) is 8.60. The summed E-state index contributed by atoms with van der Waals surface area (Å²) in [4.78, 5) is 38.6. The summed E-state index contributed by atoms with van der Waals surface area (Å²) < 4.78 is 4.83. The molecular formula is C17H18N2O4. The zero-order valence-electron chi connectivity index (χ0n) is 13.2. The number of amides is 1. The molecule has 1 aromatic heterocycles. The third-order valence-corrected chi connectivity index (χ3v) is 3.37. The van der Waals surface area contributed by atoms with Crippen LogP contribution in [0.4, 0.5) is 5.69 Å². The van der Waals surface area contributed by atoms with Crippen LogP contribution >= 0.6 is 0 Å². The van der Waals surface area contributed by atoms with Crippen molar-refractivity contribution < 1.29 is 14.3 Å². The lowest BCUT2D eigenvalue weighted by Gasteiger charge is -2.11. The Morgan fingerprint density at radius 2 is 1.87 bits per heavy atom. The fourth-order valence-electron chi connectivity index (χ4n) is 2.12. The second-order valence-electron chi connectivity index (χ2n) is 5.04. The molecule has 1 heterocycles. The molecule has 0 atom stereocenters. The van der Waals surface area contributed by atoms with Crippen LogP contribution in [-0.4, -0.2) is 23.5 Å². The number of carbonyl (C=O) groups is 2. The van der Waals surface area contributed by atoms with Crippen LogP contribution in [0.5, 0.6) is 0 Å². The van der Waals surface area contributed by atoms with E-state index in [1.165, 1.54) is 6.07 Å². The Morgan fingerprint density at radius 3 is 2.52 bits per heavy atom. The molecule has 23 heavy (non-hydrogen) atoms. The predicted octanol–water partition coefficient (Wildman–Crippen LogP) is 2.42. The highest BCUT2D eigenvalue weighted by atomic mass is 16.5. The highest BCUT2D eigenvalue weighted by molar-refractivity contribution is 6.06. The number of anilines is 1.